The van der Waals surface area contributed by atoms with Crippen LogP contribution in [-0.4, -0.2) is 37.7 Å². The van der Waals surface area contributed by atoms with E-state index in [2.05, 4.69) is 9.98 Å². The van der Waals surface area contributed by atoms with E-state index in [0.29, 0.717) is 27.3 Å². The first-order valence-corrected chi connectivity index (χ1v) is 10.6. The summed E-state index contributed by atoms with van der Waals surface area (Å²) in [5, 5.41) is 22.2. The maximum absolute atomic E-state index is 12.7. The van der Waals surface area contributed by atoms with Gasteiger partial charge in [0.25, 0.3) is 5.91 Å². The minimum atomic E-state index is -0.229. The molecule has 1 aliphatic heterocycles. The number of thioether (sulfide) groups is 1. The number of aliphatic imine (C=N–C) groups is 1. The molecule has 146 valence electrons. The third-order valence-electron chi connectivity index (χ3n) is 4.25. The van der Waals surface area contributed by atoms with Gasteiger partial charge in [0.1, 0.15) is 0 Å². The summed E-state index contributed by atoms with van der Waals surface area (Å²) in [5.41, 5.74) is 2.49. The van der Waals surface area contributed by atoms with Gasteiger partial charge in [-0.25, -0.2) is 4.98 Å². The number of amidine groups is 1. The van der Waals surface area contributed by atoms with Crippen molar-refractivity contribution in [2.45, 2.75) is 6.92 Å². The molecule has 0 spiro atoms. The second-order valence-corrected chi connectivity index (χ2v) is 8.03. The highest BCUT2D eigenvalue weighted by Gasteiger charge is 2.32. The van der Waals surface area contributed by atoms with Crippen molar-refractivity contribution in [3.63, 3.8) is 0 Å². The average molecular weight is 424 g/mol. The van der Waals surface area contributed by atoms with Crippen LogP contribution in [0.2, 0.25) is 0 Å². The Balaban J connectivity index is 1.62. The monoisotopic (exact) mass is 423 g/mol. The zero-order valence-corrected chi connectivity index (χ0v) is 17.1. The molecule has 3 aromatic rings. The Morgan fingerprint density at radius 1 is 1.14 bits per heavy atom. The first kappa shape index (κ1) is 19.2. The number of hydrogen-bond donors (Lipinski definition) is 2. The van der Waals surface area contributed by atoms with E-state index in [-0.39, 0.29) is 17.4 Å². The number of nitrogens with zero attached hydrogens (tertiary/aromatic N) is 3. The van der Waals surface area contributed by atoms with Crippen molar-refractivity contribution >= 4 is 45.4 Å². The maximum Gasteiger partial charge on any atom is 0.266 e. The SMILES string of the molecule is CCN1C(=O)/C(=C/c2ccc(O)c(O)c2)S/C1=N/c1nc(-c2ccccc2)cs1. The average Bonchev–Trinajstić information content (AvgIpc) is 3.30. The second-order valence-electron chi connectivity index (χ2n) is 6.18. The highest BCUT2D eigenvalue weighted by atomic mass is 32.2. The molecule has 1 amide bonds. The Morgan fingerprint density at radius 3 is 2.66 bits per heavy atom. The number of hydrogen-bond acceptors (Lipinski definition) is 7. The van der Waals surface area contributed by atoms with Crippen molar-refractivity contribution in [2.75, 3.05) is 6.54 Å². The van der Waals surface area contributed by atoms with Crippen LogP contribution >= 0.6 is 23.1 Å². The van der Waals surface area contributed by atoms with Crippen molar-refractivity contribution in [2.24, 2.45) is 4.99 Å². The molecule has 8 heteroatoms. The molecule has 0 radical (unpaired) electrons. The zero-order chi connectivity index (χ0) is 20.4. The van der Waals surface area contributed by atoms with Crippen molar-refractivity contribution in [3.05, 3.63) is 64.4 Å². The Bertz CT molecular complexity index is 1120. The number of aromatic nitrogens is 1. The molecule has 6 nitrogen and oxygen atoms in total. The molecule has 1 fully saturated rings. The molecule has 0 atom stereocenters. The summed E-state index contributed by atoms with van der Waals surface area (Å²) in [5.74, 6) is -0.580. The molecule has 0 saturated carbocycles. The van der Waals surface area contributed by atoms with E-state index in [1.165, 1.54) is 35.2 Å². The second kappa shape index (κ2) is 8.10. The molecule has 2 N–H and O–H groups in total. The fourth-order valence-corrected chi connectivity index (χ4v) is 4.59. The van der Waals surface area contributed by atoms with Gasteiger partial charge in [0, 0.05) is 17.5 Å². The van der Waals surface area contributed by atoms with E-state index in [4.69, 9.17) is 0 Å². The number of amides is 1. The lowest BCUT2D eigenvalue weighted by Crippen LogP contribution is -2.28. The standard InChI is InChI=1S/C21H17N3O3S2/c1-2-24-19(27)18(11-13-8-9-16(25)17(26)10-13)29-21(24)23-20-22-15(12-28-20)14-6-4-3-5-7-14/h3-12,25-26H,2H2,1H3/b18-11-,23-21+. The van der Waals surface area contributed by atoms with Gasteiger partial charge in [0.15, 0.2) is 16.7 Å². The van der Waals surface area contributed by atoms with Crippen LogP contribution in [0.3, 0.4) is 0 Å². The summed E-state index contributed by atoms with van der Waals surface area (Å²) in [6.07, 6.45) is 1.68. The van der Waals surface area contributed by atoms with Crippen molar-refractivity contribution < 1.29 is 15.0 Å². The minimum Gasteiger partial charge on any atom is -0.504 e. The van der Waals surface area contributed by atoms with Gasteiger partial charge in [-0.2, -0.15) is 4.99 Å². The molecule has 0 bridgehead atoms. The predicted octanol–water partition coefficient (Wildman–Crippen LogP) is 4.85. The first-order valence-electron chi connectivity index (χ1n) is 8.88. The normalized spacial score (nSPS) is 16.9. The minimum absolute atomic E-state index is 0.149. The number of rotatable bonds is 4. The molecule has 0 unspecified atom stereocenters. The van der Waals surface area contributed by atoms with Crippen LogP contribution in [0.5, 0.6) is 11.5 Å². The van der Waals surface area contributed by atoms with E-state index in [1.807, 2.05) is 42.6 Å². The maximum atomic E-state index is 12.7. The summed E-state index contributed by atoms with van der Waals surface area (Å²) in [6.45, 7) is 2.38. The number of carbonyl (C=O) groups is 1. The van der Waals surface area contributed by atoms with E-state index >= 15 is 0 Å². The number of phenolic OH excluding ortho intramolecular Hbond substituents is 2. The van der Waals surface area contributed by atoms with E-state index in [9.17, 15) is 15.0 Å². The number of thiazole rings is 1. The Hall–Kier alpha value is -3.10. The fourth-order valence-electron chi connectivity index (χ4n) is 2.79. The van der Waals surface area contributed by atoms with Crippen LogP contribution in [0.1, 0.15) is 12.5 Å². The van der Waals surface area contributed by atoms with Crippen LogP contribution in [0, 0.1) is 0 Å². The lowest BCUT2D eigenvalue weighted by Gasteiger charge is -2.11. The van der Waals surface area contributed by atoms with Gasteiger partial charge < -0.3 is 10.2 Å². The Kier molecular flexibility index (Phi) is 5.37. The molecular formula is C21H17N3O3S2. The van der Waals surface area contributed by atoms with Gasteiger partial charge >= 0.3 is 0 Å². The van der Waals surface area contributed by atoms with Crippen LogP contribution in [0.15, 0.2) is 63.8 Å². The van der Waals surface area contributed by atoms with Gasteiger partial charge in [0.05, 0.1) is 10.6 Å². The van der Waals surface area contributed by atoms with Gasteiger partial charge in [-0.15, -0.1) is 11.3 Å². The smallest absolute Gasteiger partial charge is 0.266 e. The number of carbonyl (C=O) groups excluding carboxylic acids is 1. The largest absolute Gasteiger partial charge is 0.504 e. The number of aromatic hydroxyl groups is 2. The molecule has 1 saturated heterocycles. The molecule has 4 rings (SSSR count). The summed E-state index contributed by atoms with van der Waals surface area (Å²) < 4.78 is 0. The molecule has 2 aromatic carbocycles. The summed E-state index contributed by atoms with van der Waals surface area (Å²) >= 11 is 2.69. The first-order chi connectivity index (χ1) is 14.0. The fraction of sp³-hybridized carbons (Fsp3) is 0.0952. The van der Waals surface area contributed by atoms with Gasteiger partial charge in [-0.3, -0.25) is 9.69 Å². The number of phenols is 2. The Labute approximate surface area is 175 Å². The molecule has 29 heavy (non-hydrogen) atoms. The Morgan fingerprint density at radius 2 is 1.93 bits per heavy atom. The van der Waals surface area contributed by atoms with E-state index < -0.39 is 0 Å². The number of benzene rings is 2. The van der Waals surface area contributed by atoms with Gasteiger partial charge in [-0.1, -0.05) is 36.4 Å². The zero-order valence-electron chi connectivity index (χ0n) is 15.4. The lowest BCUT2D eigenvalue weighted by molar-refractivity contribution is -0.122. The number of likely N-dealkylation sites (N-methyl/N-ethyl adjacent to an activating group) is 1. The van der Waals surface area contributed by atoms with E-state index in [0.717, 1.165) is 11.3 Å². The van der Waals surface area contributed by atoms with Gasteiger partial charge in [-0.05, 0) is 42.5 Å². The molecule has 1 aromatic heterocycles. The van der Waals surface area contributed by atoms with Crippen molar-refractivity contribution in [1.82, 2.24) is 9.88 Å². The van der Waals surface area contributed by atoms with Crippen LogP contribution in [-0.2, 0) is 4.79 Å². The van der Waals surface area contributed by atoms with Gasteiger partial charge in [0.2, 0.25) is 5.13 Å². The highest BCUT2D eigenvalue weighted by molar-refractivity contribution is 8.18. The molecule has 2 heterocycles. The quantitative estimate of drug-likeness (QED) is 0.463. The van der Waals surface area contributed by atoms with Crippen molar-refractivity contribution in [3.8, 4) is 22.8 Å². The van der Waals surface area contributed by atoms with Crippen LogP contribution in [0.4, 0.5) is 5.13 Å². The molecular weight excluding hydrogens is 406 g/mol. The summed E-state index contributed by atoms with van der Waals surface area (Å²) in [6, 6.07) is 14.3. The van der Waals surface area contributed by atoms with Crippen LogP contribution in [0.25, 0.3) is 17.3 Å². The van der Waals surface area contributed by atoms with Crippen LogP contribution < -0.4 is 0 Å². The van der Waals surface area contributed by atoms with E-state index in [1.54, 1.807) is 17.0 Å². The molecule has 1 aliphatic rings. The third-order valence-corrected chi connectivity index (χ3v) is 6.00. The molecule has 0 aliphatic carbocycles. The topological polar surface area (TPSA) is 86.0 Å². The predicted molar refractivity (Wildman–Crippen MR) is 117 cm³/mol. The lowest BCUT2D eigenvalue weighted by atomic mass is 10.2. The van der Waals surface area contributed by atoms with Crippen molar-refractivity contribution in [1.29, 1.82) is 0 Å². The summed E-state index contributed by atoms with van der Waals surface area (Å²) in [4.78, 5) is 24.0. The third kappa shape index (κ3) is 4.03. The highest BCUT2D eigenvalue weighted by Crippen LogP contribution is 2.36. The summed E-state index contributed by atoms with van der Waals surface area (Å²) in [7, 11) is 0.